The lowest BCUT2D eigenvalue weighted by atomic mass is 9.93. The molecule has 1 aliphatic rings. The molecule has 5 rings (SSSR count). The number of amides is 1. The minimum absolute atomic E-state index is 0.0822. The first kappa shape index (κ1) is 23.4. The van der Waals surface area contributed by atoms with E-state index in [0.29, 0.717) is 17.2 Å². The number of aliphatic hydroxyl groups excluding tert-OH is 1. The van der Waals surface area contributed by atoms with E-state index in [1.165, 1.54) is 4.90 Å². The third-order valence-electron chi connectivity index (χ3n) is 6.85. The highest BCUT2D eigenvalue weighted by Crippen LogP contribution is 2.43. The van der Waals surface area contributed by atoms with Gasteiger partial charge in [0.25, 0.3) is 11.7 Å². The minimum atomic E-state index is -0.759. The number of rotatable bonds is 5. The zero-order chi connectivity index (χ0) is 25.6. The molecule has 1 amide bonds. The maximum atomic E-state index is 13.5. The van der Waals surface area contributed by atoms with Crippen molar-refractivity contribution in [3.8, 4) is 0 Å². The molecule has 0 aliphatic carbocycles. The second-order valence-corrected chi connectivity index (χ2v) is 9.65. The number of aliphatic hydroxyl groups is 1. The molecule has 2 heterocycles. The zero-order valence-electron chi connectivity index (χ0n) is 20.8. The number of hydrogen-bond acceptors (Lipinski definition) is 4. The second kappa shape index (κ2) is 9.04. The Morgan fingerprint density at radius 2 is 1.61 bits per heavy atom. The fraction of sp³-hybridized carbons (Fsp3) is 0.200. The number of nitrogens with one attached hydrogen (secondary N) is 1. The fourth-order valence-electron chi connectivity index (χ4n) is 4.80. The maximum Gasteiger partial charge on any atom is 0.300 e. The van der Waals surface area contributed by atoms with E-state index in [0.717, 1.165) is 27.7 Å². The normalized spacial score (nSPS) is 17.4. The van der Waals surface area contributed by atoms with Crippen molar-refractivity contribution in [2.75, 3.05) is 23.9 Å². The van der Waals surface area contributed by atoms with Crippen molar-refractivity contribution in [2.45, 2.75) is 25.8 Å². The number of ketones is 1. The van der Waals surface area contributed by atoms with Gasteiger partial charge in [0.2, 0.25) is 0 Å². The summed E-state index contributed by atoms with van der Waals surface area (Å²) in [6, 6.07) is 22.2. The third-order valence-corrected chi connectivity index (χ3v) is 6.85. The molecule has 36 heavy (non-hydrogen) atoms. The molecule has 1 saturated heterocycles. The topological polar surface area (TPSA) is 76.6 Å². The number of fused-ring (bicyclic) bond motifs is 1. The number of benzene rings is 3. The molecule has 2 N–H and O–H groups in total. The summed E-state index contributed by atoms with van der Waals surface area (Å²) in [6.07, 6.45) is 1.68. The predicted octanol–water partition coefficient (Wildman–Crippen LogP) is 5.98. The Labute approximate surface area is 210 Å². The highest BCUT2D eigenvalue weighted by atomic mass is 16.3. The van der Waals surface area contributed by atoms with Gasteiger partial charge in [-0.05, 0) is 47.4 Å². The van der Waals surface area contributed by atoms with Crippen molar-refractivity contribution >= 4 is 39.7 Å². The molecule has 1 aromatic heterocycles. The van der Waals surface area contributed by atoms with Gasteiger partial charge in [0, 0.05) is 48.1 Å². The third kappa shape index (κ3) is 3.85. The van der Waals surface area contributed by atoms with Gasteiger partial charge in [-0.3, -0.25) is 14.5 Å². The van der Waals surface area contributed by atoms with Crippen molar-refractivity contribution in [3.63, 3.8) is 0 Å². The number of carbonyl (C=O) groups is 2. The van der Waals surface area contributed by atoms with Gasteiger partial charge in [-0.2, -0.15) is 0 Å². The van der Waals surface area contributed by atoms with Crippen LogP contribution in [0.1, 0.15) is 42.5 Å². The molecule has 1 aliphatic heterocycles. The van der Waals surface area contributed by atoms with Gasteiger partial charge < -0.3 is 15.0 Å². The fourth-order valence-corrected chi connectivity index (χ4v) is 4.80. The Morgan fingerprint density at radius 3 is 2.25 bits per heavy atom. The molecular weight excluding hydrogens is 450 g/mol. The van der Waals surface area contributed by atoms with Gasteiger partial charge in [0.1, 0.15) is 5.76 Å². The van der Waals surface area contributed by atoms with Gasteiger partial charge in [-0.15, -0.1) is 0 Å². The number of aromatic nitrogens is 1. The molecule has 4 aromatic rings. The Morgan fingerprint density at radius 1 is 0.944 bits per heavy atom. The van der Waals surface area contributed by atoms with Crippen molar-refractivity contribution in [3.05, 3.63) is 101 Å². The van der Waals surface area contributed by atoms with E-state index >= 15 is 0 Å². The summed E-state index contributed by atoms with van der Waals surface area (Å²) in [5, 5.41) is 12.3. The Hall–Kier alpha value is -4.32. The Balaban J connectivity index is 1.71. The molecule has 1 atom stereocenters. The van der Waals surface area contributed by atoms with Gasteiger partial charge in [-0.1, -0.05) is 56.3 Å². The number of Topliss-reactive ketones (excluding diaryl/α,β-unsaturated/α-hetero) is 1. The molecule has 0 bridgehead atoms. The van der Waals surface area contributed by atoms with Crippen molar-refractivity contribution in [1.29, 1.82) is 0 Å². The summed E-state index contributed by atoms with van der Waals surface area (Å²) in [5.41, 5.74) is 4.91. The van der Waals surface area contributed by atoms with Crippen LogP contribution in [-0.4, -0.2) is 35.9 Å². The first-order valence-electron chi connectivity index (χ1n) is 12.0. The summed E-state index contributed by atoms with van der Waals surface area (Å²) in [4.78, 5) is 33.5. The Bertz CT molecular complexity index is 1480. The number of hydrogen-bond donors (Lipinski definition) is 2. The van der Waals surface area contributed by atoms with Gasteiger partial charge in [-0.25, -0.2) is 0 Å². The maximum absolute atomic E-state index is 13.5. The summed E-state index contributed by atoms with van der Waals surface area (Å²) in [5.74, 6) is -1.20. The SMILES string of the molecule is CC(C)c1ccc(C2/C(=C(/O)c3c[nH]c4ccccc34)C(=O)C(=O)N2c2ccc(N(C)C)cc2)cc1. The van der Waals surface area contributed by atoms with Crippen LogP contribution >= 0.6 is 0 Å². The number of aromatic amines is 1. The molecule has 182 valence electrons. The Kier molecular flexibility index (Phi) is 5.88. The van der Waals surface area contributed by atoms with Crippen LogP contribution in [-0.2, 0) is 9.59 Å². The highest BCUT2D eigenvalue weighted by molar-refractivity contribution is 6.51. The number of anilines is 2. The van der Waals surface area contributed by atoms with E-state index in [2.05, 4.69) is 18.8 Å². The number of para-hydroxylation sites is 1. The zero-order valence-corrected chi connectivity index (χ0v) is 20.8. The first-order valence-corrected chi connectivity index (χ1v) is 12.0. The molecule has 0 saturated carbocycles. The summed E-state index contributed by atoms with van der Waals surface area (Å²) in [7, 11) is 3.89. The van der Waals surface area contributed by atoms with Gasteiger partial charge in [0.05, 0.1) is 11.6 Å². The first-order chi connectivity index (χ1) is 17.3. The van der Waals surface area contributed by atoms with Crippen LogP contribution in [0.3, 0.4) is 0 Å². The van der Waals surface area contributed by atoms with E-state index in [-0.39, 0.29) is 11.3 Å². The van der Waals surface area contributed by atoms with Crippen LogP contribution in [0.4, 0.5) is 11.4 Å². The van der Waals surface area contributed by atoms with Crippen LogP contribution in [0.15, 0.2) is 84.6 Å². The van der Waals surface area contributed by atoms with E-state index in [4.69, 9.17) is 0 Å². The average molecular weight is 480 g/mol. The molecule has 1 unspecified atom stereocenters. The van der Waals surface area contributed by atoms with Gasteiger partial charge in [0.15, 0.2) is 0 Å². The lowest BCUT2D eigenvalue weighted by Crippen LogP contribution is -2.29. The quantitative estimate of drug-likeness (QED) is 0.210. The molecule has 0 radical (unpaired) electrons. The predicted molar refractivity (Wildman–Crippen MR) is 144 cm³/mol. The molecule has 1 fully saturated rings. The van der Waals surface area contributed by atoms with Crippen LogP contribution in [0.25, 0.3) is 16.7 Å². The van der Waals surface area contributed by atoms with Crippen molar-refractivity contribution in [2.24, 2.45) is 0 Å². The molecular formula is C30H29N3O3. The monoisotopic (exact) mass is 479 g/mol. The molecule has 6 nitrogen and oxygen atoms in total. The smallest absolute Gasteiger partial charge is 0.300 e. The molecule has 0 spiro atoms. The van der Waals surface area contributed by atoms with Crippen LogP contribution < -0.4 is 9.80 Å². The molecule has 6 heteroatoms. The van der Waals surface area contributed by atoms with Crippen LogP contribution in [0, 0.1) is 0 Å². The van der Waals surface area contributed by atoms with Crippen LogP contribution in [0.5, 0.6) is 0 Å². The summed E-state index contributed by atoms with van der Waals surface area (Å²) < 4.78 is 0. The minimum Gasteiger partial charge on any atom is -0.507 e. The van der Waals surface area contributed by atoms with E-state index < -0.39 is 17.7 Å². The average Bonchev–Trinajstić information content (AvgIpc) is 3.43. The summed E-state index contributed by atoms with van der Waals surface area (Å²) in [6.45, 7) is 4.23. The van der Waals surface area contributed by atoms with Crippen molar-refractivity contribution < 1.29 is 14.7 Å². The van der Waals surface area contributed by atoms with Gasteiger partial charge >= 0.3 is 0 Å². The number of H-pyrrole nitrogens is 1. The van der Waals surface area contributed by atoms with Crippen molar-refractivity contribution in [1.82, 2.24) is 4.98 Å². The number of carbonyl (C=O) groups excluding carboxylic acids is 2. The highest BCUT2D eigenvalue weighted by Gasteiger charge is 2.47. The lowest BCUT2D eigenvalue weighted by Gasteiger charge is -2.26. The van der Waals surface area contributed by atoms with Crippen LogP contribution in [0.2, 0.25) is 0 Å². The van der Waals surface area contributed by atoms with E-state index in [1.807, 2.05) is 91.8 Å². The molecule has 3 aromatic carbocycles. The van der Waals surface area contributed by atoms with E-state index in [9.17, 15) is 14.7 Å². The largest absolute Gasteiger partial charge is 0.507 e. The number of nitrogens with zero attached hydrogens (tertiary/aromatic N) is 2. The second-order valence-electron chi connectivity index (χ2n) is 9.65. The standard InChI is InChI=1S/C30H29N3O3/c1-18(2)19-9-11-20(12-10-19)27-26(28(34)24-17-31-25-8-6-5-7-23(24)25)29(35)30(36)33(27)22-15-13-21(14-16-22)32(3)4/h5-18,27,31,34H,1-4H3/b28-26-. The lowest BCUT2D eigenvalue weighted by molar-refractivity contribution is -0.132. The van der Waals surface area contributed by atoms with E-state index in [1.54, 1.807) is 6.20 Å². The summed E-state index contributed by atoms with van der Waals surface area (Å²) >= 11 is 0.